The van der Waals surface area contributed by atoms with Crippen LogP contribution in [0, 0.1) is 5.92 Å². The first-order valence-electron chi connectivity index (χ1n) is 8.97. The Labute approximate surface area is 139 Å². The molecule has 0 spiro atoms. The number of carbonyl (C=O) groups is 1. The van der Waals surface area contributed by atoms with Gasteiger partial charge in [-0.25, -0.2) is 0 Å². The zero-order valence-corrected chi connectivity index (χ0v) is 14.4. The van der Waals surface area contributed by atoms with Crippen molar-refractivity contribution in [1.29, 1.82) is 0 Å². The highest BCUT2D eigenvalue weighted by Gasteiger charge is 2.35. The van der Waals surface area contributed by atoms with Gasteiger partial charge in [0.25, 0.3) is 0 Å². The van der Waals surface area contributed by atoms with E-state index >= 15 is 0 Å². The quantitative estimate of drug-likeness (QED) is 0.932. The molecule has 0 saturated carbocycles. The molecule has 4 heteroatoms. The predicted octanol–water partition coefficient (Wildman–Crippen LogP) is 2.41. The summed E-state index contributed by atoms with van der Waals surface area (Å²) in [5.41, 5.74) is 8.61. The van der Waals surface area contributed by atoms with Gasteiger partial charge in [0.2, 0.25) is 5.91 Å². The monoisotopic (exact) mass is 315 g/mol. The van der Waals surface area contributed by atoms with Crippen LogP contribution in [0.1, 0.15) is 38.7 Å². The maximum absolute atomic E-state index is 13.2. The van der Waals surface area contributed by atoms with Gasteiger partial charge in [-0.3, -0.25) is 4.79 Å². The van der Waals surface area contributed by atoms with Crippen LogP contribution in [0.4, 0.5) is 5.69 Å². The Balaban J connectivity index is 1.84. The fraction of sp³-hybridized carbons (Fsp3) is 0.632. The van der Waals surface area contributed by atoms with Crippen molar-refractivity contribution in [3.05, 3.63) is 29.8 Å². The average Bonchev–Trinajstić information content (AvgIpc) is 2.55. The highest BCUT2D eigenvalue weighted by atomic mass is 16.2. The summed E-state index contributed by atoms with van der Waals surface area (Å²) in [5.74, 6) is 0.577. The number of amides is 1. The van der Waals surface area contributed by atoms with E-state index in [0.29, 0.717) is 5.92 Å². The number of nitrogens with two attached hydrogens (primary N) is 1. The van der Waals surface area contributed by atoms with E-state index in [1.165, 1.54) is 11.3 Å². The topological polar surface area (TPSA) is 49.6 Å². The van der Waals surface area contributed by atoms with E-state index in [2.05, 4.69) is 43.0 Å². The average molecular weight is 315 g/mol. The fourth-order valence-electron chi connectivity index (χ4n) is 3.94. The molecule has 4 nitrogen and oxygen atoms in total. The van der Waals surface area contributed by atoms with Gasteiger partial charge in [0.15, 0.2) is 0 Å². The van der Waals surface area contributed by atoms with Gasteiger partial charge < -0.3 is 15.5 Å². The number of para-hydroxylation sites is 1. The van der Waals surface area contributed by atoms with Crippen molar-refractivity contribution in [2.45, 2.75) is 51.6 Å². The summed E-state index contributed by atoms with van der Waals surface area (Å²) in [4.78, 5) is 17.6. The van der Waals surface area contributed by atoms with Crippen LogP contribution in [0.15, 0.2) is 24.3 Å². The summed E-state index contributed by atoms with van der Waals surface area (Å²) in [6.07, 6.45) is 4.09. The zero-order chi connectivity index (χ0) is 16.4. The number of carbonyl (C=O) groups excluding carboxylic acids is 1. The Morgan fingerprint density at radius 3 is 2.57 bits per heavy atom. The zero-order valence-electron chi connectivity index (χ0n) is 14.4. The van der Waals surface area contributed by atoms with Crippen LogP contribution >= 0.6 is 0 Å². The molecular formula is C19H29N3O. The summed E-state index contributed by atoms with van der Waals surface area (Å²) in [5, 5.41) is 0. The van der Waals surface area contributed by atoms with Gasteiger partial charge in [-0.15, -0.1) is 0 Å². The molecule has 3 rings (SSSR count). The van der Waals surface area contributed by atoms with Crippen LogP contribution in [0.5, 0.6) is 0 Å². The molecule has 0 radical (unpaired) electrons. The van der Waals surface area contributed by atoms with Crippen LogP contribution in [0.3, 0.4) is 0 Å². The van der Waals surface area contributed by atoms with Crippen molar-refractivity contribution in [1.82, 2.24) is 4.90 Å². The van der Waals surface area contributed by atoms with Gasteiger partial charge in [-0.1, -0.05) is 32.0 Å². The standard InChI is InChI=1S/C19H29N3O/c1-14(2)18(19(23)21-12-9-16(20)10-13-21)22-11-5-7-15-6-3-4-8-17(15)22/h3-4,6,8,14,16,18H,5,7,9-13,20H2,1-2H3. The summed E-state index contributed by atoms with van der Waals surface area (Å²) in [6.45, 7) is 6.90. The van der Waals surface area contributed by atoms with E-state index in [4.69, 9.17) is 5.73 Å². The summed E-state index contributed by atoms with van der Waals surface area (Å²) < 4.78 is 0. The highest BCUT2D eigenvalue weighted by Crippen LogP contribution is 2.31. The van der Waals surface area contributed by atoms with Gasteiger partial charge in [0, 0.05) is 31.4 Å². The number of anilines is 1. The molecule has 1 saturated heterocycles. The molecule has 2 heterocycles. The van der Waals surface area contributed by atoms with Crippen molar-refractivity contribution in [3.8, 4) is 0 Å². The minimum absolute atomic E-state index is 0.0641. The minimum atomic E-state index is -0.0641. The molecule has 23 heavy (non-hydrogen) atoms. The highest BCUT2D eigenvalue weighted by molar-refractivity contribution is 5.86. The van der Waals surface area contributed by atoms with E-state index < -0.39 is 0 Å². The van der Waals surface area contributed by atoms with Crippen molar-refractivity contribution < 1.29 is 4.79 Å². The maximum atomic E-state index is 13.2. The summed E-state index contributed by atoms with van der Waals surface area (Å²) >= 11 is 0. The maximum Gasteiger partial charge on any atom is 0.245 e. The lowest BCUT2D eigenvalue weighted by atomic mass is 9.93. The third-order valence-corrected chi connectivity index (χ3v) is 5.22. The van der Waals surface area contributed by atoms with Gasteiger partial charge in [0.05, 0.1) is 0 Å². The van der Waals surface area contributed by atoms with Crippen molar-refractivity contribution in [2.24, 2.45) is 11.7 Å². The van der Waals surface area contributed by atoms with Gasteiger partial charge in [0.1, 0.15) is 6.04 Å². The Hall–Kier alpha value is -1.55. The van der Waals surface area contributed by atoms with Crippen molar-refractivity contribution in [2.75, 3.05) is 24.5 Å². The molecule has 1 aromatic rings. The van der Waals surface area contributed by atoms with E-state index in [1.54, 1.807) is 0 Å². The molecule has 2 N–H and O–H groups in total. The molecule has 126 valence electrons. The number of benzene rings is 1. The van der Waals surface area contributed by atoms with Gasteiger partial charge in [-0.2, -0.15) is 0 Å². The van der Waals surface area contributed by atoms with Crippen LogP contribution < -0.4 is 10.6 Å². The molecule has 0 aromatic heterocycles. The van der Waals surface area contributed by atoms with Crippen LogP contribution in [-0.4, -0.2) is 42.5 Å². The summed E-state index contributed by atoms with van der Waals surface area (Å²) in [7, 11) is 0. The minimum Gasteiger partial charge on any atom is -0.359 e. The third-order valence-electron chi connectivity index (χ3n) is 5.22. The number of nitrogens with zero attached hydrogens (tertiary/aromatic N) is 2. The Morgan fingerprint density at radius 1 is 1.17 bits per heavy atom. The van der Waals surface area contributed by atoms with E-state index in [-0.39, 0.29) is 18.0 Å². The third kappa shape index (κ3) is 3.37. The van der Waals surface area contributed by atoms with E-state index in [1.807, 2.05) is 4.90 Å². The number of fused-ring (bicyclic) bond motifs is 1. The lowest BCUT2D eigenvalue weighted by Crippen LogP contribution is -2.55. The molecule has 1 aromatic carbocycles. The van der Waals surface area contributed by atoms with E-state index in [0.717, 1.165) is 45.3 Å². The van der Waals surface area contributed by atoms with Crippen LogP contribution in [0.2, 0.25) is 0 Å². The molecule has 1 unspecified atom stereocenters. The lowest BCUT2D eigenvalue weighted by molar-refractivity contribution is -0.134. The van der Waals surface area contributed by atoms with Gasteiger partial charge >= 0.3 is 0 Å². The second kappa shape index (κ2) is 6.91. The number of hydrogen-bond acceptors (Lipinski definition) is 3. The molecule has 2 aliphatic heterocycles. The molecule has 1 fully saturated rings. The second-order valence-corrected chi connectivity index (χ2v) is 7.28. The number of aryl methyl sites for hydroxylation is 1. The second-order valence-electron chi connectivity index (χ2n) is 7.28. The molecule has 0 aliphatic carbocycles. The lowest BCUT2D eigenvalue weighted by Gasteiger charge is -2.42. The Morgan fingerprint density at radius 2 is 1.87 bits per heavy atom. The number of rotatable bonds is 3. The van der Waals surface area contributed by atoms with Crippen molar-refractivity contribution >= 4 is 11.6 Å². The largest absolute Gasteiger partial charge is 0.359 e. The van der Waals surface area contributed by atoms with Crippen LogP contribution in [0.25, 0.3) is 0 Å². The van der Waals surface area contributed by atoms with Crippen LogP contribution in [-0.2, 0) is 11.2 Å². The SMILES string of the molecule is CC(C)C(C(=O)N1CCC(N)CC1)N1CCCc2ccccc21. The summed E-state index contributed by atoms with van der Waals surface area (Å²) in [6, 6.07) is 8.74. The first-order valence-corrected chi connectivity index (χ1v) is 8.97. The molecule has 2 aliphatic rings. The molecular weight excluding hydrogens is 286 g/mol. The number of piperidine rings is 1. The predicted molar refractivity (Wildman–Crippen MR) is 94.5 cm³/mol. The molecule has 1 atom stereocenters. The fourth-order valence-corrected chi connectivity index (χ4v) is 3.94. The smallest absolute Gasteiger partial charge is 0.245 e. The molecule has 1 amide bonds. The van der Waals surface area contributed by atoms with Gasteiger partial charge in [-0.05, 0) is 43.2 Å². The normalized spacial score (nSPS) is 20.5. The number of hydrogen-bond donors (Lipinski definition) is 1. The van der Waals surface area contributed by atoms with Crippen molar-refractivity contribution in [3.63, 3.8) is 0 Å². The Bertz CT molecular complexity index is 549. The number of likely N-dealkylation sites (tertiary alicyclic amines) is 1. The first kappa shape index (κ1) is 16.3. The molecule has 0 bridgehead atoms. The van der Waals surface area contributed by atoms with E-state index in [9.17, 15) is 4.79 Å². The first-order chi connectivity index (χ1) is 11.1. The Kier molecular flexibility index (Phi) is 4.90.